The van der Waals surface area contributed by atoms with Crippen LogP contribution in [-0.4, -0.2) is 36.1 Å². The zero-order chi connectivity index (χ0) is 15.9. The van der Waals surface area contributed by atoms with Gasteiger partial charge in [-0.25, -0.2) is 4.98 Å². The summed E-state index contributed by atoms with van der Waals surface area (Å²) >= 11 is 0. The van der Waals surface area contributed by atoms with Crippen molar-refractivity contribution < 1.29 is 4.79 Å². The van der Waals surface area contributed by atoms with E-state index in [9.17, 15) is 4.79 Å². The molecular weight excluding hydrogens is 276 g/mol. The second-order valence-electron chi connectivity index (χ2n) is 5.48. The van der Waals surface area contributed by atoms with Gasteiger partial charge in [0.1, 0.15) is 5.82 Å². The number of amides is 1. The molecule has 0 bridgehead atoms. The summed E-state index contributed by atoms with van der Waals surface area (Å²) in [6.07, 6.45) is 5.06. The average molecular weight is 300 g/mol. The molecule has 0 unspecified atom stereocenters. The molecule has 0 atom stereocenters. The van der Waals surface area contributed by atoms with Gasteiger partial charge in [-0.15, -0.1) is 0 Å². The Labute approximate surface area is 132 Å². The minimum Gasteiger partial charge on any atom is -0.378 e. The molecule has 5 nitrogen and oxygen atoms in total. The van der Waals surface area contributed by atoms with Crippen molar-refractivity contribution in [2.75, 3.05) is 25.5 Å². The van der Waals surface area contributed by atoms with Crippen molar-refractivity contribution in [3.63, 3.8) is 0 Å². The van der Waals surface area contributed by atoms with E-state index in [1.807, 2.05) is 49.5 Å². The Bertz CT molecular complexity index is 601. The van der Waals surface area contributed by atoms with E-state index in [0.29, 0.717) is 13.0 Å². The highest BCUT2D eigenvalue weighted by Crippen LogP contribution is 2.12. The molecule has 0 saturated carbocycles. The van der Waals surface area contributed by atoms with Crippen LogP contribution in [0.1, 0.15) is 18.3 Å². The lowest BCUT2D eigenvalue weighted by atomic mass is 10.1. The maximum Gasteiger partial charge on any atom is 0.224 e. The number of imidazole rings is 1. The summed E-state index contributed by atoms with van der Waals surface area (Å²) in [6, 6.07) is 8.06. The number of aromatic nitrogens is 2. The van der Waals surface area contributed by atoms with E-state index in [0.717, 1.165) is 30.0 Å². The standard InChI is InChI=1S/C17H24N4O/c1-4-16-18-9-11-21(16)12-10-19-17(22)13-14-5-7-15(8-6-14)20(2)3/h5-9,11H,4,10,12-13H2,1-3H3,(H,19,22). The summed E-state index contributed by atoms with van der Waals surface area (Å²) in [5, 5.41) is 2.96. The molecule has 118 valence electrons. The van der Waals surface area contributed by atoms with E-state index < -0.39 is 0 Å². The summed E-state index contributed by atoms with van der Waals surface area (Å²) in [6.45, 7) is 3.46. The lowest BCUT2D eigenvalue weighted by molar-refractivity contribution is -0.120. The highest BCUT2D eigenvalue weighted by Gasteiger charge is 2.05. The van der Waals surface area contributed by atoms with E-state index in [2.05, 4.69) is 21.8 Å². The van der Waals surface area contributed by atoms with Crippen LogP contribution in [0.5, 0.6) is 0 Å². The van der Waals surface area contributed by atoms with Crippen LogP contribution in [0.3, 0.4) is 0 Å². The largest absolute Gasteiger partial charge is 0.378 e. The Morgan fingerprint density at radius 1 is 1.27 bits per heavy atom. The SMILES string of the molecule is CCc1nccn1CCNC(=O)Cc1ccc(N(C)C)cc1. The third-order valence-corrected chi connectivity index (χ3v) is 3.61. The van der Waals surface area contributed by atoms with Crippen LogP contribution in [0.2, 0.25) is 0 Å². The molecule has 2 rings (SSSR count). The van der Waals surface area contributed by atoms with Crippen molar-refractivity contribution in [1.82, 2.24) is 14.9 Å². The Balaban J connectivity index is 1.78. The van der Waals surface area contributed by atoms with Gasteiger partial charge in [-0.05, 0) is 17.7 Å². The third kappa shape index (κ3) is 4.35. The number of hydrogen-bond donors (Lipinski definition) is 1. The van der Waals surface area contributed by atoms with Crippen LogP contribution < -0.4 is 10.2 Å². The maximum atomic E-state index is 12.0. The van der Waals surface area contributed by atoms with E-state index in [4.69, 9.17) is 0 Å². The number of benzene rings is 1. The molecule has 1 heterocycles. The molecule has 1 amide bonds. The summed E-state index contributed by atoms with van der Waals surface area (Å²) in [4.78, 5) is 18.3. The molecule has 2 aromatic rings. The van der Waals surface area contributed by atoms with Gasteiger partial charge < -0.3 is 14.8 Å². The number of anilines is 1. The molecule has 22 heavy (non-hydrogen) atoms. The lowest BCUT2D eigenvalue weighted by Gasteiger charge is -2.12. The smallest absolute Gasteiger partial charge is 0.224 e. The Morgan fingerprint density at radius 3 is 2.64 bits per heavy atom. The second-order valence-corrected chi connectivity index (χ2v) is 5.48. The zero-order valence-electron chi connectivity index (χ0n) is 13.5. The monoisotopic (exact) mass is 300 g/mol. The summed E-state index contributed by atoms with van der Waals surface area (Å²) < 4.78 is 2.08. The van der Waals surface area contributed by atoms with Crippen molar-refractivity contribution in [1.29, 1.82) is 0 Å². The molecule has 0 spiro atoms. The van der Waals surface area contributed by atoms with Crippen LogP contribution in [-0.2, 0) is 24.2 Å². The highest BCUT2D eigenvalue weighted by molar-refractivity contribution is 5.78. The van der Waals surface area contributed by atoms with Gasteiger partial charge in [-0.2, -0.15) is 0 Å². The van der Waals surface area contributed by atoms with Gasteiger partial charge in [0.15, 0.2) is 0 Å². The van der Waals surface area contributed by atoms with Crippen LogP contribution in [0, 0.1) is 0 Å². The van der Waals surface area contributed by atoms with Crippen molar-refractivity contribution in [2.24, 2.45) is 0 Å². The molecule has 0 fully saturated rings. The molecule has 0 aliphatic rings. The maximum absolute atomic E-state index is 12.0. The van der Waals surface area contributed by atoms with Gasteiger partial charge in [0.25, 0.3) is 0 Å². The third-order valence-electron chi connectivity index (χ3n) is 3.61. The summed E-state index contributed by atoms with van der Waals surface area (Å²) in [5.74, 6) is 1.10. The normalized spacial score (nSPS) is 10.5. The Hall–Kier alpha value is -2.30. The number of hydrogen-bond acceptors (Lipinski definition) is 3. The predicted molar refractivity (Wildman–Crippen MR) is 89.1 cm³/mol. The van der Waals surface area contributed by atoms with Crippen molar-refractivity contribution in [3.8, 4) is 0 Å². The molecule has 0 aliphatic carbocycles. The van der Waals surface area contributed by atoms with Crippen LogP contribution >= 0.6 is 0 Å². The Kier molecular flexibility index (Phi) is 5.58. The first-order valence-corrected chi connectivity index (χ1v) is 7.63. The average Bonchev–Trinajstić information content (AvgIpc) is 2.95. The first-order valence-electron chi connectivity index (χ1n) is 7.63. The fourth-order valence-electron chi connectivity index (χ4n) is 2.33. The molecule has 0 radical (unpaired) electrons. The fourth-order valence-corrected chi connectivity index (χ4v) is 2.33. The van der Waals surface area contributed by atoms with Gasteiger partial charge >= 0.3 is 0 Å². The van der Waals surface area contributed by atoms with Crippen molar-refractivity contribution in [3.05, 3.63) is 48.0 Å². The van der Waals surface area contributed by atoms with Crippen molar-refractivity contribution in [2.45, 2.75) is 26.3 Å². The highest BCUT2D eigenvalue weighted by atomic mass is 16.1. The van der Waals surface area contributed by atoms with Crippen LogP contribution in [0.15, 0.2) is 36.7 Å². The number of nitrogens with zero attached hydrogens (tertiary/aromatic N) is 3. The first kappa shape index (κ1) is 16.1. The van der Waals surface area contributed by atoms with Gasteiger partial charge in [0, 0.05) is 51.7 Å². The topological polar surface area (TPSA) is 50.2 Å². The van der Waals surface area contributed by atoms with Gasteiger partial charge in [-0.3, -0.25) is 4.79 Å². The van der Waals surface area contributed by atoms with Gasteiger partial charge in [0.05, 0.1) is 6.42 Å². The molecule has 5 heteroatoms. The Morgan fingerprint density at radius 2 is 2.00 bits per heavy atom. The van der Waals surface area contributed by atoms with Crippen molar-refractivity contribution >= 4 is 11.6 Å². The van der Waals surface area contributed by atoms with E-state index >= 15 is 0 Å². The quantitative estimate of drug-likeness (QED) is 0.849. The van der Waals surface area contributed by atoms with Gasteiger partial charge in [-0.1, -0.05) is 19.1 Å². The number of carbonyl (C=O) groups is 1. The lowest BCUT2D eigenvalue weighted by Crippen LogP contribution is -2.28. The minimum absolute atomic E-state index is 0.0516. The number of nitrogens with one attached hydrogen (secondary N) is 1. The number of rotatable bonds is 7. The molecule has 1 N–H and O–H groups in total. The van der Waals surface area contributed by atoms with Crippen LogP contribution in [0.25, 0.3) is 0 Å². The molecule has 1 aromatic carbocycles. The summed E-state index contributed by atoms with van der Waals surface area (Å²) in [5.41, 5.74) is 2.16. The molecule has 0 aliphatic heterocycles. The van der Waals surface area contributed by atoms with E-state index in [1.165, 1.54) is 0 Å². The minimum atomic E-state index is 0.0516. The first-order chi connectivity index (χ1) is 10.6. The summed E-state index contributed by atoms with van der Waals surface area (Å²) in [7, 11) is 4.00. The predicted octanol–water partition coefficient (Wildman–Crippen LogP) is 1.87. The zero-order valence-corrected chi connectivity index (χ0v) is 13.5. The fraction of sp³-hybridized carbons (Fsp3) is 0.412. The second kappa shape index (κ2) is 7.64. The molecule has 0 saturated heterocycles. The van der Waals surface area contributed by atoms with Gasteiger partial charge in [0.2, 0.25) is 5.91 Å². The molecular formula is C17H24N4O. The van der Waals surface area contributed by atoms with E-state index in [-0.39, 0.29) is 5.91 Å². The number of carbonyl (C=O) groups excluding carboxylic acids is 1. The van der Waals surface area contributed by atoms with E-state index in [1.54, 1.807) is 6.20 Å². The van der Waals surface area contributed by atoms with Crippen LogP contribution in [0.4, 0.5) is 5.69 Å². The molecule has 1 aromatic heterocycles. The number of aryl methyl sites for hydroxylation is 1.